The van der Waals surface area contributed by atoms with E-state index in [9.17, 15) is 0 Å². The number of benzene rings is 3. The van der Waals surface area contributed by atoms with E-state index in [0.29, 0.717) is 12.1 Å². The van der Waals surface area contributed by atoms with Crippen LogP contribution in [0.3, 0.4) is 0 Å². The SMILES string of the molecule is CCCCc1cccc(CCC[N+](CCCC)(CCCC)CCCC)c1-c1cc(C)c2c(c1)C=[N+]1C3CCCCC3[N+]3=Cc4cc(C(C)(C)C)cc(C(C)(C)C)c4OC13O2. The van der Waals surface area contributed by atoms with E-state index in [2.05, 4.69) is 140 Å². The predicted molar refractivity (Wildman–Crippen MR) is 253 cm³/mol. The third-order valence-corrected chi connectivity index (χ3v) is 14.5. The zero-order valence-electron chi connectivity index (χ0n) is 39.9. The van der Waals surface area contributed by atoms with Crippen LogP contribution in [0.15, 0.2) is 42.5 Å². The van der Waals surface area contributed by atoms with Gasteiger partial charge < -0.3 is 14.0 Å². The summed E-state index contributed by atoms with van der Waals surface area (Å²) in [6, 6.07) is 16.5. The molecule has 0 bridgehead atoms. The van der Waals surface area contributed by atoms with Crippen molar-refractivity contribution in [3.63, 3.8) is 0 Å². The Morgan fingerprint density at radius 3 is 1.68 bits per heavy atom. The Morgan fingerprint density at radius 1 is 0.633 bits per heavy atom. The second-order valence-corrected chi connectivity index (χ2v) is 21.4. The fourth-order valence-electron chi connectivity index (χ4n) is 11.0. The molecule has 1 saturated heterocycles. The number of aryl methyl sites for hydroxylation is 3. The van der Waals surface area contributed by atoms with Crippen LogP contribution in [0.25, 0.3) is 11.1 Å². The molecule has 3 atom stereocenters. The van der Waals surface area contributed by atoms with Gasteiger partial charge in [-0.1, -0.05) is 128 Å². The van der Waals surface area contributed by atoms with Gasteiger partial charge in [-0.15, -0.1) is 0 Å². The first kappa shape index (κ1) is 44.6. The summed E-state index contributed by atoms with van der Waals surface area (Å²) < 4.78 is 21.2. The highest BCUT2D eigenvalue weighted by Crippen LogP contribution is 2.49. The van der Waals surface area contributed by atoms with Crippen LogP contribution in [-0.2, 0) is 23.7 Å². The molecule has 1 aliphatic carbocycles. The van der Waals surface area contributed by atoms with Crippen LogP contribution >= 0.6 is 0 Å². The van der Waals surface area contributed by atoms with Crippen molar-refractivity contribution in [1.29, 1.82) is 0 Å². The zero-order chi connectivity index (χ0) is 42.9. The fourth-order valence-corrected chi connectivity index (χ4v) is 11.0. The standard InChI is InChI=1S/C55H82N3O2/c1-12-16-24-41-25-22-26-42(27-23-33-58(30-17-13-2,31-18-14-3)32-19-15-4)50(41)43-34-40(5)51-44(35-43)38-56-48-28-20-21-29-49(48)57-39-45-36-46(53(6,7)8)37-47(54(9,10)11)52(45)60-55(56,57)59-51/h22,25-26,34-39,48-49H,12-21,23-24,27-33H2,1-11H3/q+3. The third-order valence-electron chi connectivity index (χ3n) is 14.5. The van der Waals surface area contributed by atoms with Gasteiger partial charge in [0, 0.05) is 24.8 Å². The second kappa shape index (κ2) is 18.1. The van der Waals surface area contributed by atoms with Crippen LogP contribution in [0, 0.1) is 6.92 Å². The Bertz CT molecular complexity index is 2040. The van der Waals surface area contributed by atoms with E-state index in [1.807, 2.05) is 0 Å². The van der Waals surface area contributed by atoms with Crippen LogP contribution in [-0.4, -0.2) is 70.4 Å². The first-order chi connectivity index (χ1) is 28.7. The molecule has 3 unspecified atom stereocenters. The largest absolute Gasteiger partial charge is 0.704 e. The topological polar surface area (TPSA) is 24.5 Å². The number of quaternary nitrogens is 1. The molecule has 0 radical (unpaired) electrons. The lowest BCUT2D eigenvalue weighted by molar-refractivity contribution is -0.929. The maximum absolute atomic E-state index is 7.48. The second-order valence-electron chi connectivity index (χ2n) is 21.4. The van der Waals surface area contributed by atoms with Gasteiger partial charge in [-0.3, -0.25) is 0 Å². The Morgan fingerprint density at radius 2 is 1.15 bits per heavy atom. The normalized spacial score (nSPS) is 20.9. The summed E-state index contributed by atoms with van der Waals surface area (Å²) in [5, 5.41) is 0. The van der Waals surface area contributed by atoms with Crippen LogP contribution in [0.4, 0.5) is 0 Å². The molecule has 4 aliphatic rings. The van der Waals surface area contributed by atoms with E-state index in [4.69, 9.17) is 9.47 Å². The lowest BCUT2D eigenvalue weighted by atomic mass is 9.79. The highest BCUT2D eigenvalue weighted by Gasteiger charge is 2.76. The summed E-state index contributed by atoms with van der Waals surface area (Å²) >= 11 is 0. The maximum atomic E-state index is 7.48. The molecule has 3 aromatic carbocycles. The fraction of sp³-hybridized carbons (Fsp3) is 0.636. The molecule has 0 N–H and O–H groups in total. The molecule has 0 amide bonds. The van der Waals surface area contributed by atoms with Gasteiger partial charge in [0.1, 0.15) is 0 Å². The van der Waals surface area contributed by atoms with E-state index in [0.717, 1.165) is 37.2 Å². The maximum Gasteiger partial charge on any atom is 0.704 e. The quantitative estimate of drug-likeness (QED) is 0.100. The lowest BCUT2D eigenvalue weighted by Gasteiger charge is -2.39. The summed E-state index contributed by atoms with van der Waals surface area (Å²) in [6.45, 7) is 30.9. The minimum atomic E-state index is -1.04. The molecule has 5 heteroatoms. The van der Waals surface area contributed by atoms with E-state index in [1.54, 1.807) is 0 Å². The average Bonchev–Trinajstić information content (AvgIpc) is 3.49. The Balaban J connectivity index is 1.29. The first-order valence-electron chi connectivity index (χ1n) is 24.6. The number of hydrogen-bond donors (Lipinski definition) is 0. The van der Waals surface area contributed by atoms with Gasteiger partial charge in [0.2, 0.25) is 12.1 Å². The summed E-state index contributed by atoms with van der Waals surface area (Å²) in [5.74, 6) is 1.93. The summed E-state index contributed by atoms with van der Waals surface area (Å²) in [4.78, 5) is 0. The molecule has 3 aromatic rings. The van der Waals surface area contributed by atoms with E-state index in [-0.39, 0.29) is 10.8 Å². The van der Waals surface area contributed by atoms with Gasteiger partial charge in [-0.2, -0.15) is 0 Å². The number of unbranched alkanes of at least 4 members (excludes halogenated alkanes) is 4. The van der Waals surface area contributed by atoms with Gasteiger partial charge in [-0.05, 0) is 121 Å². The molecular weight excluding hydrogens is 735 g/mol. The van der Waals surface area contributed by atoms with Crippen molar-refractivity contribution in [2.24, 2.45) is 0 Å². The zero-order valence-corrected chi connectivity index (χ0v) is 39.9. The predicted octanol–water partition coefficient (Wildman–Crippen LogP) is 13.0. The third kappa shape index (κ3) is 8.77. The molecule has 0 aromatic heterocycles. The highest BCUT2D eigenvalue weighted by atomic mass is 16.7. The molecule has 5 nitrogen and oxygen atoms in total. The van der Waals surface area contributed by atoms with Crippen molar-refractivity contribution in [1.82, 2.24) is 0 Å². The van der Waals surface area contributed by atoms with Crippen LogP contribution in [0.2, 0.25) is 0 Å². The summed E-state index contributed by atoms with van der Waals surface area (Å²) in [5.41, 5.74) is 11.9. The molecule has 3 aliphatic heterocycles. The molecule has 7 rings (SSSR count). The highest BCUT2D eigenvalue weighted by molar-refractivity contribution is 5.87. The molecule has 326 valence electrons. The minimum Gasteiger partial charge on any atom is -0.340 e. The molecule has 60 heavy (non-hydrogen) atoms. The molecule has 3 heterocycles. The molecule has 2 fully saturated rings. The van der Waals surface area contributed by atoms with Crippen LogP contribution in [0.1, 0.15) is 192 Å². The number of hydrogen-bond acceptors (Lipinski definition) is 2. The minimum absolute atomic E-state index is 0.0298. The van der Waals surface area contributed by atoms with E-state index >= 15 is 0 Å². The summed E-state index contributed by atoms with van der Waals surface area (Å²) in [7, 11) is 0. The molecule has 1 spiro atoms. The van der Waals surface area contributed by atoms with E-state index < -0.39 is 6.03 Å². The Labute approximate surface area is 365 Å². The average molecular weight is 817 g/mol. The summed E-state index contributed by atoms with van der Waals surface area (Å²) in [6.07, 6.45) is 23.3. The van der Waals surface area contributed by atoms with Gasteiger partial charge in [-0.25, -0.2) is 0 Å². The van der Waals surface area contributed by atoms with Gasteiger partial charge in [0.15, 0.2) is 23.9 Å². The van der Waals surface area contributed by atoms with Crippen molar-refractivity contribution in [2.45, 2.75) is 201 Å². The van der Waals surface area contributed by atoms with Crippen molar-refractivity contribution < 1.29 is 23.1 Å². The van der Waals surface area contributed by atoms with Gasteiger partial charge >= 0.3 is 6.03 Å². The number of rotatable bonds is 17. The monoisotopic (exact) mass is 817 g/mol. The number of fused-ring (bicyclic) bond motifs is 5. The molecule has 1 saturated carbocycles. The van der Waals surface area contributed by atoms with Crippen molar-refractivity contribution in [2.75, 3.05) is 26.2 Å². The Kier molecular flexibility index (Phi) is 13.5. The van der Waals surface area contributed by atoms with Crippen molar-refractivity contribution in [3.8, 4) is 22.6 Å². The number of nitrogens with zero attached hydrogens (tertiary/aromatic N) is 3. The first-order valence-corrected chi connectivity index (χ1v) is 24.6. The van der Waals surface area contributed by atoms with Gasteiger partial charge in [0.25, 0.3) is 0 Å². The Hall–Kier alpha value is -3.44. The molecular formula is C55H82N3O2+3. The van der Waals surface area contributed by atoms with Crippen LogP contribution < -0.4 is 9.47 Å². The van der Waals surface area contributed by atoms with E-state index in [1.165, 1.54) is 151 Å². The van der Waals surface area contributed by atoms with Crippen LogP contribution in [0.5, 0.6) is 11.5 Å². The lowest BCUT2D eigenvalue weighted by Crippen LogP contribution is -2.60. The van der Waals surface area contributed by atoms with Gasteiger partial charge in [0.05, 0.1) is 37.3 Å². The van der Waals surface area contributed by atoms with Crippen molar-refractivity contribution in [3.05, 3.63) is 81.4 Å². The smallest absolute Gasteiger partial charge is 0.340 e. The number of ether oxygens (including phenoxy) is 2. The van der Waals surface area contributed by atoms with Crippen molar-refractivity contribution >= 4 is 12.4 Å².